The highest BCUT2D eigenvalue weighted by molar-refractivity contribution is 8.33. The molecule has 0 radical (unpaired) electrons. The minimum absolute atomic E-state index is 0.449. The number of hydrogen-bond donors (Lipinski definition) is 0. The van der Waals surface area contributed by atoms with Crippen molar-refractivity contribution in [3.05, 3.63) is 0 Å². The normalized spacial score (nSPS) is 13.1. The highest BCUT2D eigenvalue weighted by Gasteiger charge is 2.15. The molecule has 124 valence electrons. The minimum Gasteiger partial charge on any atom is -0.382 e. The smallest absolute Gasteiger partial charge is 0.0701 e. The van der Waals surface area contributed by atoms with E-state index in [4.69, 9.17) is 18.9 Å². The molecule has 0 aromatic carbocycles. The van der Waals surface area contributed by atoms with Gasteiger partial charge in [0.05, 0.1) is 39.6 Å². The lowest BCUT2D eigenvalue weighted by atomic mass is 10.5. The average Bonchev–Trinajstić information content (AvgIpc) is 2.39. The van der Waals surface area contributed by atoms with Gasteiger partial charge in [-0.15, -0.1) is 0 Å². The Labute approximate surface area is 126 Å². The number of ether oxygens (including phenoxy) is 4. The Morgan fingerprint density at radius 2 is 1.20 bits per heavy atom. The Hall–Kier alpha value is 0.190. The summed E-state index contributed by atoms with van der Waals surface area (Å²) >= 11 is 0. The highest BCUT2D eigenvalue weighted by Crippen LogP contribution is 2.45. The fraction of sp³-hybridized carbons (Fsp3) is 1.00. The summed E-state index contributed by atoms with van der Waals surface area (Å²) in [6.07, 6.45) is 5.97. The lowest BCUT2D eigenvalue weighted by Gasteiger charge is -2.35. The van der Waals surface area contributed by atoms with Gasteiger partial charge in [0.1, 0.15) is 0 Å². The van der Waals surface area contributed by atoms with Crippen molar-refractivity contribution in [1.82, 2.24) is 0 Å². The van der Waals surface area contributed by atoms with E-state index in [1.807, 2.05) is 0 Å². The zero-order valence-electron chi connectivity index (χ0n) is 14.0. The van der Waals surface area contributed by atoms with E-state index in [0.717, 1.165) is 18.3 Å². The van der Waals surface area contributed by atoms with E-state index in [1.54, 1.807) is 7.11 Å². The molecule has 0 aliphatic rings. The van der Waals surface area contributed by atoms with Crippen molar-refractivity contribution in [1.29, 1.82) is 0 Å². The van der Waals surface area contributed by atoms with E-state index in [0.29, 0.717) is 39.6 Å². The molecule has 5 heteroatoms. The average molecular weight is 310 g/mol. The molecule has 0 bridgehead atoms. The molecule has 0 saturated heterocycles. The monoisotopic (exact) mass is 310 g/mol. The SMILES string of the molecule is COCCOCCOCCOCCCS(C)(C)C(C)C. The maximum atomic E-state index is 5.58. The molecule has 4 nitrogen and oxygen atoms in total. The van der Waals surface area contributed by atoms with Gasteiger partial charge >= 0.3 is 0 Å². The van der Waals surface area contributed by atoms with Gasteiger partial charge in [-0.1, -0.05) is 13.8 Å². The molecule has 0 saturated carbocycles. The molecule has 0 spiro atoms. The van der Waals surface area contributed by atoms with Crippen LogP contribution in [-0.4, -0.2) is 76.9 Å². The lowest BCUT2D eigenvalue weighted by Crippen LogP contribution is -2.15. The van der Waals surface area contributed by atoms with Gasteiger partial charge in [0.15, 0.2) is 0 Å². The van der Waals surface area contributed by atoms with E-state index in [-0.39, 0.29) is 0 Å². The van der Waals surface area contributed by atoms with Crippen molar-refractivity contribution in [3.8, 4) is 0 Å². The summed E-state index contributed by atoms with van der Waals surface area (Å²) in [6.45, 7) is 9.31. The molecular weight excluding hydrogens is 276 g/mol. The molecule has 0 aromatic heterocycles. The third-order valence-electron chi connectivity index (χ3n) is 3.41. The first-order valence-electron chi connectivity index (χ1n) is 7.42. The molecule has 0 fully saturated rings. The molecule has 0 amide bonds. The quantitative estimate of drug-likeness (QED) is 0.462. The first-order chi connectivity index (χ1) is 9.50. The van der Waals surface area contributed by atoms with E-state index in [9.17, 15) is 0 Å². The molecule has 0 unspecified atom stereocenters. The Morgan fingerprint density at radius 1 is 0.750 bits per heavy atom. The summed E-state index contributed by atoms with van der Waals surface area (Å²) in [5, 5.41) is 0.795. The second-order valence-corrected chi connectivity index (χ2v) is 10.2. The van der Waals surface area contributed by atoms with E-state index >= 15 is 0 Å². The number of hydrogen-bond acceptors (Lipinski definition) is 4. The topological polar surface area (TPSA) is 36.9 Å². The van der Waals surface area contributed by atoms with Crippen LogP contribution in [0, 0.1) is 0 Å². The van der Waals surface area contributed by atoms with Gasteiger partial charge in [-0.2, -0.15) is 0 Å². The summed E-state index contributed by atoms with van der Waals surface area (Å²) < 4.78 is 21.2. The molecule has 0 aliphatic carbocycles. The third-order valence-corrected chi connectivity index (χ3v) is 7.30. The maximum absolute atomic E-state index is 5.58. The zero-order chi connectivity index (χ0) is 15.3. The molecule has 0 heterocycles. The fourth-order valence-electron chi connectivity index (χ4n) is 1.45. The van der Waals surface area contributed by atoms with E-state index in [1.165, 1.54) is 5.75 Å². The van der Waals surface area contributed by atoms with Crippen molar-refractivity contribution in [2.75, 3.05) is 71.6 Å². The summed E-state index contributed by atoms with van der Waals surface area (Å²) in [6, 6.07) is 0. The standard InChI is InChI=1S/C15H34O4S/c1-15(2)20(4,5)14-6-7-17-10-11-19-13-12-18-9-8-16-3/h15H,6-14H2,1-5H3. The second kappa shape index (κ2) is 12.9. The maximum Gasteiger partial charge on any atom is 0.0701 e. The van der Waals surface area contributed by atoms with Crippen molar-refractivity contribution < 1.29 is 18.9 Å². The van der Waals surface area contributed by atoms with Crippen LogP contribution >= 0.6 is 10.0 Å². The molecule has 20 heavy (non-hydrogen) atoms. The molecule has 0 rings (SSSR count). The van der Waals surface area contributed by atoms with Crippen LogP contribution in [0.1, 0.15) is 20.3 Å². The van der Waals surface area contributed by atoms with E-state index < -0.39 is 10.0 Å². The van der Waals surface area contributed by atoms with Crippen LogP contribution in [0.4, 0.5) is 0 Å². The Bertz CT molecular complexity index is 210. The van der Waals surface area contributed by atoms with Crippen LogP contribution in [0.5, 0.6) is 0 Å². The molecule has 0 N–H and O–H groups in total. The van der Waals surface area contributed by atoms with Crippen molar-refractivity contribution in [3.63, 3.8) is 0 Å². The molecular formula is C15H34O4S. The van der Waals surface area contributed by atoms with Crippen molar-refractivity contribution in [2.24, 2.45) is 0 Å². The van der Waals surface area contributed by atoms with Crippen molar-refractivity contribution >= 4 is 10.0 Å². The Balaban J connectivity index is 3.17. The first kappa shape index (κ1) is 20.2. The summed E-state index contributed by atoms with van der Waals surface area (Å²) in [7, 11) is 1.22. The minimum atomic E-state index is -0.449. The van der Waals surface area contributed by atoms with Gasteiger partial charge in [0, 0.05) is 13.7 Å². The van der Waals surface area contributed by atoms with Crippen LogP contribution in [0.2, 0.25) is 0 Å². The van der Waals surface area contributed by atoms with Crippen LogP contribution < -0.4 is 0 Å². The van der Waals surface area contributed by atoms with Crippen LogP contribution in [0.3, 0.4) is 0 Å². The molecule has 0 aromatic rings. The van der Waals surface area contributed by atoms with Crippen LogP contribution in [0.15, 0.2) is 0 Å². The first-order valence-corrected chi connectivity index (χ1v) is 10.1. The molecule has 0 aliphatic heterocycles. The van der Waals surface area contributed by atoms with Gasteiger partial charge in [-0.05, 0) is 29.9 Å². The van der Waals surface area contributed by atoms with Gasteiger partial charge in [-0.3, -0.25) is 0 Å². The van der Waals surface area contributed by atoms with E-state index in [2.05, 4.69) is 26.4 Å². The van der Waals surface area contributed by atoms with Gasteiger partial charge in [0.2, 0.25) is 0 Å². The Morgan fingerprint density at radius 3 is 1.65 bits per heavy atom. The van der Waals surface area contributed by atoms with Crippen LogP contribution in [0.25, 0.3) is 0 Å². The molecule has 0 atom stereocenters. The summed E-state index contributed by atoms with van der Waals surface area (Å²) in [4.78, 5) is 0. The Kier molecular flexibility index (Phi) is 13.0. The summed E-state index contributed by atoms with van der Waals surface area (Å²) in [5.74, 6) is 1.29. The second-order valence-electron chi connectivity index (χ2n) is 5.56. The predicted molar refractivity (Wildman–Crippen MR) is 88.4 cm³/mol. The lowest BCUT2D eigenvalue weighted by molar-refractivity contribution is 0.00384. The predicted octanol–water partition coefficient (Wildman–Crippen LogP) is 2.55. The third kappa shape index (κ3) is 12.0. The fourth-order valence-corrected chi connectivity index (χ4v) is 2.79. The largest absolute Gasteiger partial charge is 0.382 e. The number of methoxy groups -OCH3 is 1. The summed E-state index contributed by atoms with van der Waals surface area (Å²) in [5.41, 5.74) is 0. The van der Waals surface area contributed by atoms with Gasteiger partial charge < -0.3 is 18.9 Å². The van der Waals surface area contributed by atoms with Gasteiger partial charge in [0.25, 0.3) is 0 Å². The highest BCUT2D eigenvalue weighted by atomic mass is 32.3. The number of rotatable bonds is 14. The van der Waals surface area contributed by atoms with Crippen LogP contribution in [-0.2, 0) is 18.9 Å². The van der Waals surface area contributed by atoms with Crippen molar-refractivity contribution in [2.45, 2.75) is 25.5 Å². The zero-order valence-corrected chi connectivity index (χ0v) is 14.8. The van der Waals surface area contributed by atoms with Gasteiger partial charge in [-0.25, -0.2) is 10.0 Å².